The molecule has 0 spiro atoms. The van der Waals surface area contributed by atoms with E-state index in [1.165, 1.54) is 60.5 Å². The van der Waals surface area contributed by atoms with Crippen LogP contribution in [0.15, 0.2) is 89.5 Å². The molecule has 0 fully saturated rings. The van der Waals surface area contributed by atoms with Crippen LogP contribution in [0.2, 0.25) is 0 Å². The van der Waals surface area contributed by atoms with Crippen LogP contribution in [-0.2, 0) is 27.2 Å². The predicted molar refractivity (Wildman–Crippen MR) is 209 cm³/mol. The summed E-state index contributed by atoms with van der Waals surface area (Å²) in [5.74, 6) is -1.38. The number of hydrogen-bond acceptors (Lipinski definition) is 9. The first-order valence-electron chi connectivity index (χ1n) is 17.2. The molecule has 3 N–H and O–H groups in total. The predicted octanol–water partition coefficient (Wildman–Crippen LogP) is 8.51. The van der Waals surface area contributed by atoms with Gasteiger partial charge in [-0.15, -0.1) is 23.1 Å². The maximum Gasteiger partial charge on any atom is 0.341 e. The summed E-state index contributed by atoms with van der Waals surface area (Å²) in [5.41, 5.74) is 2.56. The number of thiophene rings is 1. The summed E-state index contributed by atoms with van der Waals surface area (Å²) in [6, 6.07) is 21.0. The number of esters is 1. The number of fused-ring (bicyclic) bond motifs is 1. The smallest absolute Gasteiger partial charge is 0.341 e. The molecule has 11 nitrogen and oxygen atoms in total. The third-order valence-electron chi connectivity index (χ3n) is 9.09. The van der Waals surface area contributed by atoms with Crippen molar-refractivity contribution in [3.63, 3.8) is 0 Å². The van der Waals surface area contributed by atoms with E-state index in [-0.39, 0.29) is 22.7 Å². The summed E-state index contributed by atoms with van der Waals surface area (Å²) in [6.45, 7) is 8.59. The number of rotatable bonds is 12. The van der Waals surface area contributed by atoms with Crippen LogP contribution in [0, 0.1) is 21.4 Å². The number of benzene rings is 3. The fraction of sp³-hybridized carbons (Fsp3) is 0.300. The first kappa shape index (κ1) is 38.9. The number of ether oxygens (including phenoxy) is 1. The molecular weight excluding hydrogens is 713 g/mol. The molecule has 1 aromatic heterocycles. The van der Waals surface area contributed by atoms with Gasteiger partial charge in [-0.05, 0) is 96.7 Å². The highest BCUT2D eigenvalue weighted by molar-refractivity contribution is 8.00. The maximum absolute atomic E-state index is 13.7. The number of nitro benzene ring substituents is 1. The van der Waals surface area contributed by atoms with Gasteiger partial charge in [-0.1, -0.05) is 52.0 Å². The molecule has 276 valence electrons. The average molecular weight is 755 g/mol. The van der Waals surface area contributed by atoms with Crippen LogP contribution in [0.4, 0.5) is 16.4 Å². The Morgan fingerprint density at radius 2 is 1.74 bits per heavy atom. The van der Waals surface area contributed by atoms with Crippen LogP contribution in [0.25, 0.3) is 6.08 Å². The summed E-state index contributed by atoms with van der Waals surface area (Å²) in [7, 11) is 1.35. The number of carbonyl (C=O) groups excluding carboxylic acids is 4. The fourth-order valence-electron chi connectivity index (χ4n) is 6.06. The molecule has 3 amide bonds. The number of carbonyl (C=O) groups is 4. The van der Waals surface area contributed by atoms with Crippen molar-refractivity contribution in [3.8, 4) is 0 Å². The Labute approximate surface area is 316 Å². The first-order chi connectivity index (χ1) is 25.3. The second-order valence-corrected chi connectivity index (χ2v) is 16.1. The number of nitrogens with one attached hydrogen (secondary N) is 3. The second kappa shape index (κ2) is 17.0. The topological polar surface area (TPSA) is 157 Å². The number of amides is 3. The standard InChI is InChI=1S/C40H42N4O7S2/c1-6-32(37(47)43-38-34(39(48)51-5)30-20-17-26(40(2,3)4)22-33(30)53-38)52-29-14-10-13-27(23-29)41-36(46)31(42-35(45)25-11-8-7-9-12-25)21-24-15-18-28(19-16-24)44(49)50/h7-16,18-19,21,23,26,32H,6,17,20,22H2,1-5H3,(H,41,46)(H,42,45)(H,43,47)/b31-21+. The van der Waals surface area contributed by atoms with E-state index in [9.17, 15) is 29.3 Å². The van der Waals surface area contributed by atoms with Gasteiger partial charge in [0.05, 0.1) is 22.8 Å². The van der Waals surface area contributed by atoms with E-state index in [0.717, 1.165) is 29.7 Å². The molecular formula is C40H42N4O7S2. The summed E-state index contributed by atoms with van der Waals surface area (Å²) >= 11 is 2.77. The summed E-state index contributed by atoms with van der Waals surface area (Å²) in [4.78, 5) is 65.8. The molecule has 0 aliphatic heterocycles. The van der Waals surface area contributed by atoms with Gasteiger partial charge in [0.15, 0.2) is 0 Å². The number of nitrogens with zero attached hydrogens (tertiary/aromatic N) is 1. The van der Waals surface area contributed by atoms with E-state index < -0.39 is 28.0 Å². The molecule has 3 aromatic carbocycles. The van der Waals surface area contributed by atoms with Crippen LogP contribution in [0.1, 0.15) is 77.3 Å². The molecule has 13 heteroatoms. The number of thioether (sulfide) groups is 1. The van der Waals surface area contributed by atoms with Gasteiger partial charge in [0.2, 0.25) is 5.91 Å². The maximum atomic E-state index is 13.7. The Balaban J connectivity index is 1.33. The molecule has 2 atom stereocenters. The van der Waals surface area contributed by atoms with Gasteiger partial charge in [-0.2, -0.15) is 0 Å². The Kier molecular flexibility index (Phi) is 12.5. The Hall–Kier alpha value is -5.27. The minimum Gasteiger partial charge on any atom is -0.465 e. The number of hydrogen-bond donors (Lipinski definition) is 3. The highest BCUT2D eigenvalue weighted by Crippen LogP contribution is 2.45. The van der Waals surface area contributed by atoms with Crippen molar-refractivity contribution in [1.29, 1.82) is 0 Å². The van der Waals surface area contributed by atoms with Crippen molar-refractivity contribution >= 4 is 69.2 Å². The third kappa shape index (κ3) is 9.79. The van der Waals surface area contributed by atoms with E-state index in [2.05, 4.69) is 36.7 Å². The van der Waals surface area contributed by atoms with Gasteiger partial charge in [-0.3, -0.25) is 24.5 Å². The van der Waals surface area contributed by atoms with Crippen molar-refractivity contribution in [1.82, 2.24) is 5.32 Å². The van der Waals surface area contributed by atoms with Crippen LogP contribution in [-0.4, -0.2) is 41.0 Å². The SMILES string of the molecule is CCC(Sc1cccc(NC(=O)/C(=C\c2ccc([N+](=O)[O-])cc2)NC(=O)c2ccccc2)c1)C(=O)Nc1sc2c(c1C(=O)OC)CCC(C(C)(C)C)C2. The van der Waals surface area contributed by atoms with Gasteiger partial charge in [0.25, 0.3) is 17.5 Å². The van der Waals surface area contributed by atoms with Crippen molar-refractivity contribution in [2.75, 3.05) is 17.7 Å². The molecule has 0 bridgehead atoms. The van der Waals surface area contributed by atoms with Crippen molar-refractivity contribution in [2.45, 2.75) is 63.5 Å². The first-order valence-corrected chi connectivity index (χ1v) is 18.9. The van der Waals surface area contributed by atoms with Gasteiger partial charge in [-0.25, -0.2) is 4.79 Å². The number of nitro groups is 1. The van der Waals surface area contributed by atoms with E-state index in [1.54, 1.807) is 48.5 Å². The molecule has 1 heterocycles. The third-order valence-corrected chi connectivity index (χ3v) is 11.6. The number of non-ortho nitro benzene ring substituents is 1. The van der Waals surface area contributed by atoms with Gasteiger partial charge < -0.3 is 20.7 Å². The van der Waals surface area contributed by atoms with Gasteiger partial charge in [0.1, 0.15) is 10.7 Å². The van der Waals surface area contributed by atoms with E-state index in [0.29, 0.717) is 44.6 Å². The average Bonchev–Trinajstić information content (AvgIpc) is 3.50. The number of methoxy groups -OCH3 is 1. The van der Waals surface area contributed by atoms with Crippen molar-refractivity contribution in [3.05, 3.63) is 122 Å². The van der Waals surface area contributed by atoms with Gasteiger partial charge >= 0.3 is 5.97 Å². The molecule has 0 saturated carbocycles. The van der Waals surface area contributed by atoms with Crippen molar-refractivity contribution in [2.24, 2.45) is 11.3 Å². The molecule has 0 saturated heterocycles. The molecule has 4 aromatic rings. The zero-order valence-corrected chi connectivity index (χ0v) is 31.8. The number of anilines is 2. The van der Waals surface area contributed by atoms with Crippen LogP contribution >= 0.6 is 23.1 Å². The largest absolute Gasteiger partial charge is 0.465 e. The summed E-state index contributed by atoms with van der Waals surface area (Å²) in [6.07, 6.45) is 4.47. The second-order valence-electron chi connectivity index (χ2n) is 13.7. The highest BCUT2D eigenvalue weighted by Gasteiger charge is 2.35. The zero-order chi connectivity index (χ0) is 38.3. The molecule has 1 aliphatic carbocycles. The monoisotopic (exact) mass is 754 g/mol. The van der Waals surface area contributed by atoms with Crippen molar-refractivity contribution < 1.29 is 28.8 Å². The van der Waals surface area contributed by atoms with E-state index >= 15 is 0 Å². The van der Waals surface area contributed by atoms with E-state index in [1.807, 2.05) is 13.0 Å². The highest BCUT2D eigenvalue weighted by atomic mass is 32.2. The normalized spacial score (nSPS) is 14.7. The summed E-state index contributed by atoms with van der Waals surface area (Å²) < 4.78 is 5.14. The van der Waals surface area contributed by atoms with Crippen LogP contribution in [0.3, 0.4) is 0 Å². The quantitative estimate of drug-likeness (QED) is 0.0427. The molecule has 1 aliphatic rings. The van der Waals surface area contributed by atoms with Gasteiger partial charge in [0, 0.05) is 33.2 Å². The lowest BCUT2D eigenvalue weighted by Gasteiger charge is -2.33. The van der Waals surface area contributed by atoms with Crippen LogP contribution in [0.5, 0.6) is 0 Å². The lowest BCUT2D eigenvalue weighted by Crippen LogP contribution is -2.30. The lowest BCUT2D eigenvalue weighted by atomic mass is 9.72. The Morgan fingerprint density at radius 3 is 2.38 bits per heavy atom. The molecule has 2 unspecified atom stereocenters. The zero-order valence-electron chi connectivity index (χ0n) is 30.2. The minimum atomic E-state index is -0.620. The minimum absolute atomic E-state index is 0.0783. The van der Waals surface area contributed by atoms with Crippen LogP contribution < -0.4 is 16.0 Å². The van der Waals surface area contributed by atoms with E-state index in [4.69, 9.17) is 4.74 Å². The fourth-order valence-corrected chi connectivity index (χ4v) is 8.39. The summed E-state index contributed by atoms with van der Waals surface area (Å²) in [5, 5.41) is 19.6. The molecule has 53 heavy (non-hydrogen) atoms. The molecule has 0 radical (unpaired) electrons. The molecule has 5 rings (SSSR count). The Bertz CT molecular complexity index is 2040. The Morgan fingerprint density at radius 1 is 1.02 bits per heavy atom. The lowest BCUT2D eigenvalue weighted by molar-refractivity contribution is -0.384.